The van der Waals surface area contributed by atoms with Crippen LogP contribution in [0.25, 0.3) is 0 Å². The van der Waals surface area contributed by atoms with E-state index in [-0.39, 0.29) is 0 Å². The van der Waals surface area contributed by atoms with Crippen molar-refractivity contribution >= 4 is 0 Å². The molecule has 0 bridgehead atoms. The van der Waals surface area contributed by atoms with Gasteiger partial charge in [-0.3, -0.25) is 10.8 Å². The summed E-state index contributed by atoms with van der Waals surface area (Å²) in [6, 6.07) is 4.28. The van der Waals surface area contributed by atoms with Crippen LogP contribution in [-0.2, 0) is 0 Å². The Kier molecular flexibility index (Phi) is 2.79. The number of pyridine rings is 1. The van der Waals surface area contributed by atoms with Crippen LogP contribution in [0.3, 0.4) is 0 Å². The zero-order valence-corrected chi connectivity index (χ0v) is 8.61. The summed E-state index contributed by atoms with van der Waals surface area (Å²) >= 11 is 0. The van der Waals surface area contributed by atoms with E-state index in [4.69, 9.17) is 5.84 Å². The molecule has 76 valence electrons. The van der Waals surface area contributed by atoms with Gasteiger partial charge in [0, 0.05) is 30.9 Å². The summed E-state index contributed by atoms with van der Waals surface area (Å²) in [5.41, 5.74) is 2.45. The standard InChI is InChI=1S/C11H17N3/c1-9-2-3-11(13-8-9)10-4-6-14(12)7-5-10/h2-3,8,10H,4-7,12H2,1H3. The van der Waals surface area contributed by atoms with Crippen LogP contribution in [0.15, 0.2) is 18.3 Å². The average Bonchev–Trinajstić information content (AvgIpc) is 2.21. The van der Waals surface area contributed by atoms with E-state index in [2.05, 4.69) is 24.0 Å². The predicted molar refractivity (Wildman–Crippen MR) is 56.7 cm³/mol. The first-order chi connectivity index (χ1) is 6.75. The van der Waals surface area contributed by atoms with Crippen LogP contribution in [0.5, 0.6) is 0 Å². The lowest BCUT2D eigenvalue weighted by atomic mass is 9.93. The minimum absolute atomic E-state index is 0.607. The Morgan fingerprint density at radius 1 is 1.36 bits per heavy atom. The fraction of sp³-hybridized carbons (Fsp3) is 0.545. The van der Waals surface area contributed by atoms with Crippen molar-refractivity contribution in [3.63, 3.8) is 0 Å². The molecule has 0 aromatic carbocycles. The molecule has 0 spiro atoms. The van der Waals surface area contributed by atoms with E-state index in [0.717, 1.165) is 25.9 Å². The van der Waals surface area contributed by atoms with Crippen molar-refractivity contribution in [3.05, 3.63) is 29.6 Å². The van der Waals surface area contributed by atoms with Crippen molar-refractivity contribution in [2.75, 3.05) is 13.1 Å². The van der Waals surface area contributed by atoms with Crippen molar-refractivity contribution in [3.8, 4) is 0 Å². The van der Waals surface area contributed by atoms with Crippen LogP contribution >= 0.6 is 0 Å². The van der Waals surface area contributed by atoms with Crippen molar-refractivity contribution < 1.29 is 0 Å². The van der Waals surface area contributed by atoms with E-state index < -0.39 is 0 Å². The highest BCUT2D eigenvalue weighted by molar-refractivity contribution is 5.16. The summed E-state index contributed by atoms with van der Waals surface area (Å²) in [6.45, 7) is 4.04. The molecule has 2 N–H and O–H groups in total. The molecule has 1 fully saturated rings. The van der Waals surface area contributed by atoms with Gasteiger partial charge in [-0.05, 0) is 31.4 Å². The maximum Gasteiger partial charge on any atom is 0.0435 e. The summed E-state index contributed by atoms with van der Waals surface area (Å²) in [4.78, 5) is 4.47. The molecule has 2 heterocycles. The van der Waals surface area contributed by atoms with Crippen LogP contribution in [0.2, 0.25) is 0 Å². The average molecular weight is 191 g/mol. The molecule has 0 saturated carbocycles. The smallest absolute Gasteiger partial charge is 0.0435 e. The monoisotopic (exact) mass is 191 g/mol. The van der Waals surface area contributed by atoms with E-state index >= 15 is 0 Å². The molecule has 14 heavy (non-hydrogen) atoms. The minimum Gasteiger partial charge on any atom is -0.269 e. The zero-order valence-electron chi connectivity index (χ0n) is 8.61. The van der Waals surface area contributed by atoms with Gasteiger partial charge in [0.1, 0.15) is 0 Å². The van der Waals surface area contributed by atoms with E-state index in [1.807, 2.05) is 11.2 Å². The maximum atomic E-state index is 5.71. The zero-order chi connectivity index (χ0) is 9.97. The summed E-state index contributed by atoms with van der Waals surface area (Å²) in [7, 11) is 0. The number of hydrogen-bond donors (Lipinski definition) is 1. The Morgan fingerprint density at radius 2 is 2.07 bits per heavy atom. The Labute approximate surface area is 84.9 Å². The Hall–Kier alpha value is -0.930. The van der Waals surface area contributed by atoms with E-state index in [1.54, 1.807) is 0 Å². The first-order valence-corrected chi connectivity index (χ1v) is 5.18. The molecule has 1 aliphatic rings. The summed E-state index contributed by atoms with van der Waals surface area (Å²) in [6.07, 6.45) is 4.21. The summed E-state index contributed by atoms with van der Waals surface area (Å²) in [5, 5.41) is 1.89. The molecule has 1 aromatic rings. The Bertz CT molecular complexity index is 286. The van der Waals surface area contributed by atoms with Gasteiger partial charge in [-0.2, -0.15) is 0 Å². The summed E-state index contributed by atoms with van der Waals surface area (Å²) in [5.74, 6) is 6.32. The van der Waals surface area contributed by atoms with Gasteiger partial charge in [-0.25, -0.2) is 5.01 Å². The van der Waals surface area contributed by atoms with Crippen LogP contribution in [0.4, 0.5) is 0 Å². The molecule has 0 unspecified atom stereocenters. The second kappa shape index (κ2) is 4.07. The van der Waals surface area contributed by atoms with Crippen molar-refractivity contribution in [1.82, 2.24) is 9.99 Å². The van der Waals surface area contributed by atoms with Gasteiger partial charge in [-0.15, -0.1) is 0 Å². The normalized spacial score (nSPS) is 19.9. The van der Waals surface area contributed by atoms with Crippen molar-refractivity contribution in [1.29, 1.82) is 0 Å². The highest BCUT2D eigenvalue weighted by Gasteiger charge is 2.19. The molecule has 1 saturated heterocycles. The molecule has 0 amide bonds. The van der Waals surface area contributed by atoms with Gasteiger partial charge in [0.25, 0.3) is 0 Å². The third-order valence-corrected chi connectivity index (χ3v) is 2.88. The number of rotatable bonds is 1. The quantitative estimate of drug-likeness (QED) is 0.683. The second-order valence-corrected chi connectivity index (χ2v) is 4.07. The number of aryl methyl sites for hydroxylation is 1. The molecular weight excluding hydrogens is 174 g/mol. The van der Waals surface area contributed by atoms with Crippen LogP contribution in [0.1, 0.15) is 30.0 Å². The van der Waals surface area contributed by atoms with Crippen molar-refractivity contribution in [2.45, 2.75) is 25.7 Å². The highest BCUT2D eigenvalue weighted by atomic mass is 15.4. The van der Waals surface area contributed by atoms with E-state index in [0.29, 0.717) is 5.92 Å². The Balaban J connectivity index is 2.05. The van der Waals surface area contributed by atoms with Gasteiger partial charge in [0.15, 0.2) is 0 Å². The molecular formula is C11H17N3. The fourth-order valence-corrected chi connectivity index (χ4v) is 1.92. The van der Waals surface area contributed by atoms with Gasteiger partial charge in [0.05, 0.1) is 0 Å². The largest absolute Gasteiger partial charge is 0.269 e. The lowest BCUT2D eigenvalue weighted by molar-refractivity contribution is 0.216. The number of aromatic nitrogens is 1. The maximum absolute atomic E-state index is 5.71. The number of nitrogens with zero attached hydrogens (tertiary/aromatic N) is 2. The minimum atomic E-state index is 0.607. The highest BCUT2D eigenvalue weighted by Crippen LogP contribution is 2.25. The molecule has 3 nitrogen and oxygen atoms in total. The van der Waals surface area contributed by atoms with Gasteiger partial charge in [-0.1, -0.05) is 6.07 Å². The lowest BCUT2D eigenvalue weighted by Crippen LogP contribution is -2.38. The third kappa shape index (κ3) is 2.11. The lowest BCUT2D eigenvalue weighted by Gasteiger charge is -2.28. The van der Waals surface area contributed by atoms with Gasteiger partial charge in [0.2, 0.25) is 0 Å². The predicted octanol–water partition coefficient (Wildman–Crippen LogP) is 1.44. The summed E-state index contributed by atoms with van der Waals surface area (Å²) < 4.78 is 0. The van der Waals surface area contributed by atoms with Crippen LogP contribution in [0, 0.1) is 6.92 Å². The van der Waals surface area contributed by atoms with E-state index in [9.17, 15) is 0 Å². The molecule has 1 aliphatic heterocycles. The third-order valence-electron chi connectivity index (χ3n) is 2.88. The first-order valence-electron chi connectivity index (χ1n) is 5.18. The molecule has 0 radical (unpaired) electrons. The van der Waals surface area contributed by atoms with E-state index in [1.165, 1.54) is 11.3 Å². The van der Waals surface area contributed by atoms with Gasteiger partial charge < -0.3 is 0 Å². The fourth-order valence-electron chi connectivity index (χ4n) is 1.92. The van der Waals surface area contributed by atoms with Crippen molar-refractivity contribution in [2.24, 2.45) is 5.84 Å². The topological polar surface area (TPSA) is 42.1 Å². The molecule has 2 rings (SSSR count). The second-order valence-electron chi connectivity index (χ2n) is 4.07. The molecule has 1 aromatic heterocycles. The molecule has 0 aliphatic carbocycles. The number of hydrogen-bond acceptors (Lipinski definition) is 3. The number of piperidine rings is 1. The Morgan fingerprint density at radius 3 is 2.64 bits per heavy atom. The molecule has 0 atom stereocenters. The number of hydrazine groups is 1. The number of nitrogens with two attached hydrogens (primary N) is 1. The first kappa shape index (κ1) is 9.62. The van der Waals surface area contributed by atoms with Crippen LogP contribution in [-0.4, -0.2) is 23.1 Å². The van der Waals surface area contributed by atoms with Crippen LogP contribution < -0.4 is 5.84 Å². The molecule has 3 heteroatoms. The SMILES string of the molecule is Cc1ccc(C2CCN(N)CC2)nc1. The van der Waals surface area contributed by atoms with Gasteiger partial charge >= 0.3 is 0 Å².